The molecule has 7 heteroatoms. The van der Waals surface area contributed by atoms with Gasteiger partial charge in [0.05, 0.1) is 4.91 Å². The number of rotatable bonds is 4. The van der Waals surface area contributed by atoms with Crippen molar-refractivity contribution >= 4 is 40.7 Å². The number of amides is 2. The predicted octanol–water partition coefficient (Wildman–Crippen LogP) is 4.27. The zero-order valence-corrected chi connectivity index (χ0v) is 14.2. The Bertz CT molecular complexity index is 769. The molecule has 0 unspecified atom stereocenters. The summed E-state index contributed by atoms with van der Waals surface area (Å²) in [5, 5.41) is 1.26. The second-order valence-corrected chi connectivity index (χ2v) is 7.09. The number of aromatic nitrogens is 1. The van der Waals surface area contributed by atoms with E-state index in [1.54, 1.807) is 18.3 Å². The second kappa shape index (κ2) is 6.64. The fourth-order valence-electron chi connectivity index (χ4n) is 2.03. The number of thioether (sulfide) groups is 1. The minimum atomic E-state index is -0.273. The van der Waals surface area contributed by atoms with E-state index in [-0.39, 0.29) is 17.2 Å². The molecule has 1 aliphatic heterocycles. The quantitative estimate of drug-likeness (QED) is 0.770. The van der Waals surface area contributed by atoms with Gasteiger partial charge in [0.1, 0.15) is 10.8 Å². The molecule has 0 bridgehead atoms. The van der Waals surface area contributed by atoms with E-state index in [9.17, 15) is 9.59 Å². The van der Waals surface area contributed by atoms with Crippen molar-refractivity contribution in [2.75, 3.05) is 0 Å². The Balaban J connectivity index is 1.76. The van der Waals surface area contributed by atoms with Crippen molar-refractivity contribution in [2.24, 2.45) is 0 Å². The first-order chi connectivity index (χ1) is 11.0. The van der Waals surface area contributed by atoms with E-state index in [4.69, 9.17) is 4.42 Å². The van der Waals surface area contributed by atoms with Gasteiger partial charge in [0.2, 0.25) is 0 Å². The molecule has 0 saturated carbocycles. The Morgan fingerprint density at radius 2 is 2.09 bits per heavy atom. The van der Waals surface area contributed by atoms with E-state index in [1.165, 1.54) is 16.7 Å². The zero-order valence-electron chi connectivity index (χ0n) is 12.6. The molecule has 0 aromatic carbocycles. The third-order valence-electron chi connectivity index (χ3n) is 3.06. The molecule has 1 fully saturated rings. The van der Waals surface area contributed by atoms with Gasteiger partial charge in [-0.25, -0.2) is 4.98 Å². The van der Waals surface area contributed by atoms with Crippen LogP contribution in [0.2, 0.25) is 0 Å². The molecule has 1 aliphatic rings. The van der Waals surface area contributed by atoms with Crippen molar-refractivity contribution in [1.82, 2.24) is 9.88 Å². The molecule has 2 amide bonds. The maximum Gasteiger partial charge on any atom is 0.293 e. The van der Waals surface area contributed by atoms with E-state index < -0.39 is 0 Å². The molecule has 118 valence electrons. The zero-order chi connectivity index (χ0) is 16.4. The topological polar surface area (TPSA) is 63.4 Å². The summed E-state index contributed by atoms with van der Waals surface area (Å²) in [6.07, 6.45) is 3.32. The third-order valence-corrected chi connectivity index (χ3v) is 4.81. The largest absolute Gasteiger partial charge is 0.450 e. The van der Waals surface area contributed by atoms with Gasteiger partial charge in [-0.1, -0.05) is 6.07 Å². The van der Waals surface area contributed by atoms with E-state index >= 15 is 0 Å². The summed E-state index contributed by atoms with van der Waals surface area (Å²) in [5.74, 6) is 0.267. The fraction of sp³-hybridized carbons (Fsp3) is 0.188. The Morgan fingerprint density at radius 3 is 2.74 bits per heavy atom. The smallest absolute Gasteiger partial charge is 0.293 e. The van der Waals surface area contributed by atoms with Gasteiger partial charge in [0.15, 0.2) is 5.09 Å². The van der Waals surface area contributed by atoms with Crippen LogP contribution in [0.1, 0.15) is 19.6 Å². The van der Waals surface area contributed by atoms with E-state index in [2.05, 4.69) is 4.98 Å². The molecule has 23 heavy (non-hydrogen) atoms. The summed E-state index contributed by atoms with van der Waals surface area (Å²) >= 11 is 2.33. The van der Waals surface area contributed by atoms with Crippen LogP contribution in [0, 0.1) is 0 Å². The van der Waals surface area contributed by atoms with Gasteiger partial charge in [-0.2, -0.15) is 0 Å². The fourth-order valence-corrected chi connectivity index (χ4v) is 3.71. The highest BCUT2D eigenvalue weighted by molar-refractivity contribution is 8.18. The molecular weight excluding hydrogens is 332 g/mol. The SMILES string of the molecule is CC(C)N1C(=O)S/C(=C\c2ccc(Sc3ccccn3)o2)C1=O. The number of imide groups is 1. The molecule has 5 nitrogen and oxygen atoms in total. The van der Waals surface area contributed by atoms with Gasteiger partial charge in [-0.3, -0.25) is 14.5 Å². The molecule has 2 aromatic rings. The Morgan fingerprint density at radius 1 is 1.26 bits per heavy atom. The first-order valence-electron chi connectivity index (χ1n) is 7.00. The lowest BCUT2D eigenvalue weighted by atomic mass is 10.3. The average molecular weight is 346 g/mol. The normalized spacial score (nSPS) is 16.8. The summed E-state index contributed by atoms with van der Waals surface area (Å²) in [5.41, 5.74) is 0. The lowest BCUT2D eigenvalue weighted by molar-refractivity contribution is -0.123. The average Bonchev–Trinajstić information content (AvgIpc) is 3.05. The maximum atomic E-state index is 12.2. The van der Waals surface area contributed by atoms with E-state index in [0.29, 0.717) is 15.8 Å². The monoisotopic (exact) mass is 346 g/mol. The van der Waals surface area contributed by atoms with Gasteiger partial charge >= 0.3 is 0 Å². The van der Waals surface area contributed by atoms with Crippen LogP contribution in [0.5, 0.6) is 0 Å². The van der Waals surface area contributed by atoms with E-state index in [0.717, 1.165) is 16.8 Å². The molecule has 0 spiro atoms. The van der Waals surface area contributed by atoms with Gasteiger partial charge in [0, 0.05) is 18.3 Å². The minimum absolute atomic E-state index is 0.153. The van der Waals surface area contributed by atoms with Crippen molar-refractivity contribution in [2.45, 2.75) is 30.0 Å². The summed E-state index contributed by atoms with van der Waals surface area (Å²) in [7, 11) is 0. The number of nitrogens with zero attached hydrogens (tertiary/aromatic N) is 2. The summed E-state index contributed by atoms with van der Waals surface area (Å²) < 4.78 is 5.68. The summed E-state index contributed by atoms with van der Waals surface area (Å²) in [4.78, 5) is 29.9. The first-order valence-corrected chi connectivity index (χ1v) is 8.63. The molecule has 1 saturated heterocycles. The van der Waals surface area contributed by atoms with Crippen LogP contribution >= 0.6 is 23.5 Å². The summed E-state index contributed by atoms with van der Waals surface area (Å²) in [6, 6.07) is 9.08. The van der Waals surface area contributed by atoms with Gasteiger partial charge in [-0.05, 0) is 61.6 Å². The van der Waals surface area contributed by atoms with Crippen LogP contribution in [0.15, 0.2) is 56.0 Å². The van der Waals surface area contributed by atoms with Crippen LogP contribution in [-0.4, -0.2) is 27.1 Å². The number of hydrogen-bond donors (Lipinski definition) is 0. The molecule has 0 atom stereocenters. The van der Waals surface area contributed by atoms with Crippen LogP contribution in [0.25, 0.3) is 6.08 Å². The molecule has 0 radical (unpaired) electrons. The van der Waals surface area contributed by atoms with Crippen molar-refractivity contribution < 1.29 is 14.0 Å². The molecule has 0 aliphatic carbocycles. The van der Waals surface area contributed by atoms with Crippen molar-refractivity contribution in [3.05, 3.63) is 47.2 Å². The van der Waals surface area contributed by atoms with Crippen LogP contribution < -0.4 is 0 Å². The van der Waals surface area contributed by atoms with E-state index in [1.807, 2.05) is 38.1 Å². The van der Waals surface area contributed by atoms with Crippen LogP contribution in [0.4, 0.5) is 4.79 Å². The van der Waals surface area contributed by atoms with Crippen LogP contribution in [-0.2, 0) is 4.79 Å². The number of hydrogen-bond acceptors (Lipinski definition) is 6. The number of carbonyl (C=O) groups excluding carboxylic acids is 2. The molecule has 2 aromatic heterocycles. The highest BCUT2D eigenvalue weighted by atomic mass is 32.2. The highest BCUT2D eigenvalue weighted by Gasteiger charge is 2.36. The maximum absolute atomic E-state index is 12.2. The van der Waals surface area contributed by atoms with Crippen molar-refractivity contribution in [1.29, 1.82) is 0 Å². The van der Waals surface area contributed by atoms with Crippen molar-refractivity contribution in [3.8, 4) is 0 Å². The van der Waals surface area contributed by atoms with Gasteiger partial charge < -0.3 is 4.42 Å². The van der Waals surface area contributed by atoms with Gasteiger partial charge in [-0.15, -0.1) is 0 Å². The lowest BCUT2D eigenvalue weighted by Crippen LogP contribution is -2.34. The predicted molar refractivity (Wildman–Crippen MR) is 90.0 cm³/mol. The molecule has 0 N–H and O–H groups in total. The van der Waals surface area contributed by atoms with Gasteiger partial charge in [0.25, 0.3) is 11.1 Å². The number of pyridine rings is 1. The highest BCUT2D eigenvalue weighted by Crippen LogP contribution is 2.35. The Kier molecular flexibility index (Phi) is 4.58. The molecule has 3 rings (SSSR count). The molecule has 3 heterocycles. The van der Waals surface area contributed by atoms with Crippen LogP contribution in [0.3, 0.4) is 0 Å². The Hall–Kier alpha value is -1.99. The second-order valence-electron chi connectivity index (χ2n) is 5.07. The third kappa shape index (κ3) is 3.51. The standard InChI is InChI=1S/C16H14N2O3S2/c1-10(2)18-15(19)12(22-16(18)20)9-11-6-7-14(21-11)23-13-5-3-4-8-17-13/h3-10H,1-2H3/b12-9-. The number of furan rings is 1. The summed E-state index contributed by atoms with van der Waals surface area (Å²) in [6.45, 7) is 3.63. The molecular formula is C16H14N2O3S2. The lowest BCUT2D eigenvalue weighted by Gasteiger charge is -2.16. The Labute approximate surface area is 142 Å². The first kappa shape index (κ1) is 15.9. The van der Waals surface area contributed by atoms with Crippen molar-refractivity contribution in [3.63, 3.8) is 0 Å². The minimum Gasteiger partial charge on any atom is -0.450 e. The number of carbonyl (C=O) groups is 2.